The fraction of sp³-hybridized carbons (Fsp3) is 0.562. The first-order valence-corrected chi connectivity index (χ1v) is 9.06. The molecular weight excluding hydrogens is 300 g/mol. The Morgan fingerprint density at radius 1 is 1.23 bits per heavy atom. The molecule has 1 atom stereocenters. The van der Waals surface area contributed by atoms with Crippen molar-refractivity contribution >= 4 is 15.9 Å². The molecule has 0 aromatic heterocycles. The first kappa shape index (κ1) is 18.6. The zero-order valence-corrected chi connectivity index (χ0v) is 14.8. The van der Waals surface area contributed by atoms with Crippen LogP contribution in [-0.4, -0.2) is 26.9 Å². The lowest BCUT2D eigenvalue weighted by Crippen LogP contribution is -2.32. The Hall–Kier alpha value is -1.40. The van der Waals surface area contributed by atoms with E-state index in [-0.39, 0.29) is 16.8 Å². The van der Waals surface area contributed by atoms with Crippen LogP contribution in [0.5, 0.6) is 0 Å². The van der Waals surface area contributed by atoms with Crippen molar-refractivity contribution in [3.8, 4) is 0 Å². The zero-order chi connectivity index (χ0) is 16.9. The van der Waals surface area contributed by atoms with E-state index in [1.807, 2.05) is 27.7 Å². The molecule has 0 aliphatic carbocycles. The fourth-order valence-corrected chi connectivity index (χ4v) is 3.17. The number of aryl methyl sites for hydroxylation is 1. The van der Waals surface area contributed by atoms with Gasteiger partial charge in [-0.3, -0.25) is 4.79 Å². The van der Waals surface area contributed by atoms with Crippen LogP contribution >= 0.6 is 0 Å². The maximum absolute atomic E-state index is 12.3. The number of carbonyl (C=O) groups excluding carboxylic acids is 1. The number of benzene rings is 1. The van der Waals surface area contributed by atoms with Crippen molar-refractivity contribution in [1.29, 1.82) is 0 Å². The van der Waals surface area contributed by atoms with Crippen molar-refractivity contribution in [3.63, 3.8) is 0 Å². The molecule has 2 N–H and O–H groups in total. The Morgan fingerprint density at radius 2 is 1.86 bits per heavy atom. The molecule has 0 radical (unpaired) electrons. The van der Waals surface area contributed by atoms with Crippen LogP contribution in [0.3, 0.4) is 0 Å². The van der Waals surface area contributed by atoms with Gasteiger partial charge in [0.25, 0.3) is 5.91 Å². The highest BCUT2D eigenvalue weighted by atomic mass is 32.2. The molecule has 0 aliphatic heterocycles. The first-order chi connectivity index (χ1) is 10.2. The van der Waals surface area contributed by atoms with Crippen LogP contribution in [-0.2, 0) is 10.0 Å². The van der Waals surface area contributed by atoms with E-state index in [0.29, 0.717) is 24.4 Å². The van der Waals surface area contributed by atoms with Crippen LogP contribution in [0, 0.1) is 12.8 Å². The molecule has 0 aliphatic rings. The normalized spacial score (nSPS) is 13.2. The molecule has 1 rings (SSSR count). The van der Waals surface area contributed by atoms with Gasteiger partial charge in [-0.2, -0.15) is 0 Å². The summed E-state index contributed by atoms with van der Waals surface area (Å²) in [5.74, 6) is 0.0926. The fourth-order valence-electron chi connectivity index (χ4n) is 1.82. The Balaban J connectivity index is 3.06. The molecule has 124 valence electrons. The number of amides is 1. The van der Waals surface area contributed by atoms with Gasteiger partial charge in [0, 0.05) is 18.2 Å². The third-order valence-electron chi connectivity index (χ3n) is 3.40. The summed E-state index contributed by atoms with van der Waals surface area (Å²) in [5.41, 5.74) is 1.15. The largest absolute Gasteiger partial charge is 0.352 e. The maximum Gasteiger partial charge on any atom is 0.251 e. The number of rotatable bonds is 7. The van der Waals surface area contributed by atoms with Crippen LogP contribution in [0.15, 0.2) is 23.1 Å². The molecule has 0 bridgehead atoms. The Labute approximate surface area is 133 Å². The molecule has 0 heterocycles. The van der Waals surface area contributed by atoms with Gasteiger partial charge < -0.3 is 5.32 Å². The zero-order valence-electron chi connectivity index (χ0n) is 13.9. The maximum atomic E-state index is 12.3. The minimum atomic E-state index is -3.61. The number of nitrogens with one attached hydrogen (secondary N) is 2. The van der Waals surface area contributed by atoms with Crippen LogP contribution in [0.2, 0.25) is 0 Å². The van der Waals surface area contributed by atoms with E-state index in [0.717, 1.165) is 5.56 Å². The van der Waals surface area contributed by atoms with Gasteiger partial charge in [0.15, 0.2) is 0 Å². The van der Waals surface area contributed by atoms with Crippen LogP contribution in [0.25, 0.3) is 0 Å². The first-order valence-electron chi connectivity index (χ1n) is 7.58. The number of hydrogen-bond acceptors (Lipinski definition) is 3. The third-order valence-corrected chi connectivity index (χ3v) is 4.99. The molecule has 0 saturated carbocycles. The Bertz CT molecular complexity index is 624. The summed E-state index contributed by atoms with van der Waals surface area (Å²) in [6.45, 7) is 10.1. The summed E-state index contributed by atoms with van der Waals surface area (Å²) in [5, 5.41) is 2.82. The molecule has 5 nitrogen and oxygen atoms in total. The summed E-state index contributed by atoms with van der Waals surface area (Å²) in [7, 11) is -3.61. The van der Waals surface area contributed by atoms with Crippen molar-refractivity contribution in [2.45, 2.75) is 52.0 Å². The molecular formula is C16H26N2O3S. The van der Waals surface area contributed by atoms with Crippen LogP contribution in [0.1, 0.15) is 50.0 Å². The van der Waals surface area contributed by atoms with E-state index in [1.165, 1.54) is 12.1 Å². The second kappa shape index (κ2) is 7.74. The van der Waals surface area contributed by atoms with E-state index < -0.39 is 10.0 Å². The van der Waals surface area contributed by atoms with E-state index in [2.05, 4.69) is 10.0 Å². The highest BCUT2D eigenvalue weighted by molar-refractivity contribution is 7.89. The van der Waals surface area contributed by atoms with E-state index in [4.69, 9.17) is 0 Å². The van der Waals surface area contributed by atoms with E-state index >= 15 is 0 Å². The predicted molar refractivity (Wildman–Crippen MR) is 88.4 cm³/mol. The molecule has 0 saturated heterocycles. The lowest BCUT2D eigenvalue weighted by Gasteiger charge is -2.14. The van der Waals surface area contributed by atoms with Gasteiger partial charge in [0.1, 0.15) is 0 Å². The highest BCUT2D eigenvalue weighted by Gasteiger charge is 2.19. The molecule has 1 aromatic rings. The average Bonchev–Trinajstić information content (AvgIpc) is 2.44. The van der Waals surface area contributed by atoms with Gasteiger partial charge in [-0.25, -0.2) is 13.1 Å². The summed E-state index contributed by atoms with van der Waals surface area (Å²) < 4.78 is 27.2. The second-order valence-electron chi connectivity index (χ2n) is 6.01. The summed E-state index contributed by atoms with van der Waals surface area (Å²) in [6.07, 6.45) is 0.701. The molecule has 0 fully saturated rings. The smallest absolute Gasteiger partial charge is 0.251 e. The second-order valence-corrected chi connectivity index (χ2v) is 7.73. The molecule has 0 unspecified atom stereocenters. The van der Waals surface area contributed by atoms with Crippen molar-refractivity contribution in [3.05, 3.63) is 29.3 Å². The van der Waals surface area contributed by atoms with Crippen molar-refractivity contribution in [1.82, 2.24) is 10.0 Å². The minimum Gasteiger partial charge on any atom is -0.352 e. The lowest BCUT2D eigenvalue weighted by atomic mass is 10.1. The quantitative estimate of drug-likeness (QED) is 0.808. The molecule has 1 aromatic carbocycles. The van der Waals surface area contributed by atoms with E-state index in [1.54, 1.807) is 13.0 Å². The minimum absolute atomic E-state index is 0.119. The van der Waals surface area contributed by atoms with Gasteiger partial charge in [0.2, 0.25) is 10.0 Å². The van der Waals surface area contributed by atoms with Crippen molar-refractivity contribution < 1.29 is 13.2 Å². The number of hydrogen-bond donors (Lipinski definition) is 2. The number of carbonyl (C=O) groups is 1. The van der Waals surface area contributed by atoms with Crippen LogP contribution in [0.4, 0.5) is 0 Å². The highest BCUT2D eigenvalue weighted by Crippen LogP contribution is 2.16. The summed E-state index contributed by atoms with van der Waals surface area (Å²) in [4.78, 5) is 12.3. The van der Waals surface area contributed by atoms with Gasteiger partial charge in [0.05, 0.1) is 4.90 Å². The Kier molecular flexibility index (Phi) is 6.56. The van der Waals surface area contributed by atoms with Crippen molar-refractivity contribution in [2.75, 3.05) is 6.54 Å². The molecule has 22 heavy (non-hydrogen) atoms. The molecule has 6 heteroatoms. The topological polar surface area (TPSA) is 75.3 Å². The monoisotopic (exact) mass is 326 g/mol. The van der Waals surface area contributed by atoms with Crippen molar-refractivity contribution in [2.24, 2.45) is 5.92 Å². The summed E-state index contributed by atoms with van der Waals surface area (Å²) >= 11 is 0. The molecule has 1 amide bonds. The third kappa shape index (κ3) is 5.10. The molecule has 0 spiro atoms. The van der Waals surface area contributed by atoms with Gasteiger partial charge in [-0.05, 0) is 43.9 Å². The Morgan fingerprint density at radius 3 is 2.41 bits per heavy atom. The van der Waals surface area contributed by atoms with Gasteiger partial charge in [-0.15, -0.1) is 0 Å². The SMILES string of the molecule is CC[C@H](C)NS(=O)(=O)c1ccc(C)c(C(=O)NCC(C)C)c1. The van der Waals surface area contributed by atoms with Gasteiger partial charge in [-0.1, -0.05) is 26.8 Å². The number of sulfonamides is 1. The predicted octanol–water partition coefficient (Wildman–Crippen LogP) is 2.46. The average molecular weight is 326 g/mol. The van der Waals surface area contributed by atoms with Crippen LogP contribution < -0.4 is 10.0 Å². The van der Waals surface area contributed by atoms with Gasteiger partial charge >= 0.3 is 0 Å². The standard InChI is InChI=1S/C16H26N2O3S/c1-6-13(5)18-22(20,21)14-8-7-12(4)15(9-14)16(19)17-10-11(2)3/h7-9,11,13,18H,6,10H2,1-5H3,(H,17,19)/t13-/m0/s1. The summed E-state index contributed by atoms with van der Waals surface area (Å²) in [6, 6.07) is 4.48. The van der Waals surface area contributed by atoms with E-state index in [9.17, 15) is 13.2 Å². The lowest BCUT2D eigenvalue weighted by molar-refractivity contribution is 0.0948.